The molecular weight excluding hydrogens is 281 g/mol. The molecule has 0 aliphatic heterocycles. The van der Waals surface area contributed by atoms with Crippen molar-refractivity contribution in [2.24, 2.45) is 0 Å². The molecule has 0 N–H and O–H groups in total. The highest BCUT2D eigenvalue weighted by Crippen LogP contribution is 2.44. The quantitative estimate of drug-likeness (QED) is 0.617. The van der Waals surface area contributed by atoms with Crippen molar-refractivity contribution in [2.45, 2.75) is 44.3 Å². The highest BCUT2D eigenvalue weighted by atomic mass is 35.5. The maximum atomic E-state index is 13.3. The second-order valence-electron chi connectivity index (χ2n) is 4.65. The summed E-state index contributed by atoms with van der Waals surface area (Å²) < 4.78 is 64.3. The fraction of sp³-hybridized carbons (Fsp3) is 0.778. The van der Waals surface area contributed by atoms with Gasteiger partial charge in [0.15, 0.2) is 0 Å². The minimum atomic E-state index is -5.73. The normalized spacial score (nSPS) is 14.1. The molecule has 0 spiro atoms. The highest BCUT2D eigenvalue weighted by molar-refractivity contribution is 6.16. The Morgan fingerprint density at radius 2 is 1.56 bits per heavy atom. The van der Waals surface area contributed by atoms with Gasteiger partial charge in [-0.15, -0.1) is 21.8 Å². The average Bonchev–Trinajstić information content (AvgIpc) is 2.58. The lowest BCUT2D eigenvalue weighted by Gasteiger charge is -2.28. The predicted octanol–water partition coefficient (Wildman–Crippen LogP) is 3.43. The number of halogens is 6. The molecule has 9 heteroatoms. The summed E-state index contributed by atoms with van der Waals surface area (Å²) in [4.78, 5) is 0. The molecule has 18 heavy (non-hydrogen) atoms. The van der Waals surface area contributed by atoms with Crippen molar-refractivity contribution < 1.29 is 22.0 Å². The summed E-state index contributed by atoms with van der Waals surface area (Å²) in [6.07, 6.45) is -5.73. The highest BCUT2D eigenvalue weighted by Gasteiger charge is 2.62. The first-order valence-corrected chi connectivity index (χ1v) is 5.42. The van der Waals surface area contributed by atoms with Gasteiger partial charge in [-0.2, -0.15) is 22.0 Å². The first kappa shape index (κ1) is 15.1. The molecule has 0 saturated heterocycles. The van der Waals surface area contributed by atoms with E-state index in [9.17, 15) is 22.0 Å². The Morgan fingerprint density at radius 3 is 1.89 bits per heavy atom. The van der Waals surface area contributed by atoms with Crippen LogP contribution < -0.4 is 0 Å². The van der Waals surface area contributed by atoms with E-state index in [-0.39, 0.29) is 11.7 Å². The second-order valence-corrected chi connectivity index (χ2v) is 4.92. The van der Waals surface area contributed by atoms with Crippen LogP contribution >= 0.6 is 11.6 Å². The van der Waals surface area contributed by atoms with Crippen molar-refractivity contribution in [3.63, 3.8) is 0 Å². The van der Waals surface area contributed by atoms with E-state index in [0.717, 1.165) is 0 Å². The topological polar surface area (TPSA) is 30.7 Å². The number of hydrogen-bond donors (Lipinski definition) is 0. The zero-order valence-corrected chi connectivity index (χ0v) is 10.6. The van der Waals surface area contributed by atoms with Crippen molar-refractivity contribution in [3.8, 4) is 0 Å². The summed E-state index contributed by atoms with van der Waals surface area (Å²) in [5.74, 6) is -6.96. The van der Waals surface area contributed by atoms with Gasteiger partial charge in [0.25, 0.3) is 0 Å². The second kappa shape index (κ2) is 4.32. The van der Waals surface area contributed by atoms with Crippen molar-refractivity contribution >= 4 is 11.6 Å². The van der Waals surface area contributed by atoms with Gasteiger partial charge in [0.1, 0.15) is 5.82 Å². The molecule has 0 atom stereocenters. The lowest BCUT2D eigenvalue weighted by atomic mass is 10.1. The summed E-state index contributed by atoms with van der Waals surface area (Å²) >= 11 is 5.47. The smallest absolute Gasteiger partial charge is 0.303 e. The summed E-state index contributed by atoms with van der Waals surface area (Å²) in [5.41, 5.74) is -1.04. The van der Waals surface area contributed by atoms with Crippen LogP contribution in [0.3, 0.4) is 0 Å². The van der Waals surface area contributed by atoms with E-state index in [1.807, 2.05) is 0 Å². The summed E-state index contributed by atoms with van der Waals surface area (Å²) in [6, 6.07) is 0. The fourth-order valence-corrected chi connectivity index (χ4v) is 1.61. The molecule has 3 nitrogen and oxygen atoms in total. The molecule has 1 heterocycles. The monoisotopic (exact) mass is 291 g/mol. The number of rotatable bonds is 2. The zero-order chi connectivity index (χ0) is 14.4. The van der Waals surface area contributed by atoms with Gasteiger partial charge >= 0.3 is 12.1 Å². The van der Waals surface area contributed by atoms with Crippen molar-refractivity contribution in [3.05, 3.63) is 11.6 Å². The number of hydrogen-bond acceptors (Lipinski definition) is 2. The van der Waals surface area contributed by atoms with Crippen LogP contribution in [0, 0.1) is 0 Å². The minimum absolute atomic E-state index is 0.136. The molecular formula is C9H11ClF5N3. The molecule has 0 aliphatic rings. The SMILES string of the molecule is CC(C)(C)n1c(CCl)nnc1C(F)(F)C(F)(F)F. The Balaban J connectivity index is 3.48. The Labute approximate surface area is 105 Å². The number of aromatic nitrogens is 3. The predicted molar refractivity (Wildman–Crippen MR) is 54.5 cm³/mol. The number of alkyl halides is 6. The molecule has 0 radical (unpaired) electrons. The van der Waals surface area contributed by atoms with E-state index < -0.39 is 23.5 Å². The Bertz CT molecular complexity index is 432. The molecule has 1 aromatic heterocycles. The lowest BCUT2D eigenvalue weighted by Crippen LogP contribution is -2.39. The molecule has 1 aromatic rings. The van der Waals surface area contributed by atoms with Crippen LogP contribution in [0.1, 0.15) is 32.4 Å². The molecule has 0 amide bonds. The van der Waals surface area contributed by atoms with Crippen LogP contribution in [-0.2, 0) is 17.3 Å². The van der Waals surface area contributed by atoms with Gasteiger partial charge in [-0.25, -0.2) is 0 Å². The molecule has 104 valence electrons. The van der Waals surface area contributed by atoms with Crippen LogP contribution in [0.4, 0.5) is 22.0 Å². The van der Waals surface area contributed by atoms with Crippen LogP contribution in [0.25, 0.3) is 0 Å². The Hall–Kier alpha value is -0.920. The summed E-state index contributed by atoms with van der Waals surface area (Å²) in [5, 5.41) is 6.23. The zero-order valence-electron chi connectivity index (χ0n) is 9.82. The van der Waals surface area contributed by atoms with Gasteiger partial charge in [-0.1, -0.05) is 0 Å². The van der Waals surface area contributed by atoms with E-state index in [2.05, 4.69) is 10.2 Å². The van der Waals surface area contributed by atoms with E-state index in [1.165, 1.54) is 20.8 Å². The summed E-state index contributed by atoms with van der Waals surface area (Å²) in [7, 11) is 0. The molecule has 0 aliphatic carbocycles. The van der Waals surface area contributed by atoms with Crippen LogP contribution in [0.15, 0.2) is 0 Å². The first-order valence-electron chi connectivity index (χ1n) is 4.88. The molecule has 0 fully saturated rings. The van der Waals surface area contributed by atoms with Crippen molar-refractivity contribution in [2.75, 3.05) is 0 Å². The third-order valence-corrected chi connectivity index (χ3v) is 2.40. The van der Waals surface area contributed by atoms with Gasteiger partial charge in [0.2, 0.25) is 5.82 Å². The Kier molecular flexibility index (Phi) is 3.64. The van der Waals surface area contributed by atoms with Gasteiger partial charge in [0.05, 0.1) is 5.88 Å². The van der Waals surface area contributed by atoms with Gasteiger partial charge in [-0.3, -0.25) is 0 Å². The van der Waals surface area contributed by atoms with E-state index >= 15 is 0 Å². The van der Waals surface area contributed by atoms with E-state index in [4.69, 9.17) is 11.6 Å². The van der Waals surface area contributed by atoms with Crippen LogP contribution in [0.2, 0.25) is 0 Å². The average molecular weight is 292 g/mol. The van der Waals surface area contributed by atoms with Gasteiger partial charge in [0, 0.05) is 5.54 Å². The van der Waals surface area contributed by atoms with Gasteiger partial charge < -0.3 is 4.57 Å². The standard InChI is InChI=1S/C9H11ClF5N3/c1-7(2,3)18-5(4-10)16-17-6(18)8(11,12)9(13,14)15/h4H2,1-3H3. The fourth-order valence-electron chi connectivity index (χ4n) is 1.44. The largest absolute Gasteiger partial charge is 0.461 e. The van der Waals surface area contributed by atoms with Crippen molar-refractivity contribution in [1.82, 2.24) is 14.8 Å². The lowest BCUT2D eigenvalue weighted by molar-refractivity contribution is -0.294. The van der Waals surface area contributed by atoms with Gasteiger partial charge in [-0.05, 0) is 20.8 Å². The number of nitrogens with zero attached hydrogens (tertiary/aromatic N) is 3. The Morgan fingerprint density at radius 1 is 1.06 bits per heavy atom. The molecule has 0 saturated carbocycles. The van der Waals surface area contributed by atoms with Crippen molar-refractivity contribution in [1.29, 1.82) is 0 Å². The van der Waals surface area contributed by atoms with Crippen LogP contribution in [-0.4, -0.2) is 20.9 Å². The third kappa shape index (κ3) is 2.43. The maximum Gasteiger partial charge on any atom is 0.461 e. The molecule has 1 rings (SSSR count). The van der Waals surface area contributed by atoms with E-state index in [0.29, 0.717) is 4.57 Å². The maximum absolute atomic E-state index is 13.3. The van der Waals surface area contributed by atoms with Crippen LogP contribution in [0.5, 0.6) is 0 Å². The third-order valence-electron chi connectivity index (χ3n) is 2.16. The molecule has 0 aromatic carbocycles. The first-order chi connectivity index (χ1) is 7.93. The molecule has 0 bridgehead atoms. The molecule has 0 unspecified atom stereocenters. The van der Waals surface area contributed by atoms with E-state index in [1.54, 1.807) is 0 Å². The summed E-state index contributed by atoms with van der Waals surface area (Å²) in [6.45, 7) is 4.38. The minimum Gasteiger partial charge on any atom is -0.303 e.